The molecule has 1 aromatic carbocycles. The zero-order valence-electron chi connectivity index (χ0n) is 11.6. The molecule has 3 N–H and O–H groups in total. The standard InChI is InChI=1S/C16H20N2OS/c1-12(15-8-5-11-20-15)18-16(19)14(17)10-9-13-6-3-2-4-7-13/h2-8,11-12,14H,9-10,17H2,1H3,(H,18,19)/t12-,14+/m1/s1. The second-order valence-corrected chi connectivity index (χ2v) is 5.86. The first kappa shape index (κ1) is 14.8. The van der Waals surface area contributed by atoms with Gasteiger partial charge in [-0.15, -0.1) is 11.3 Å². The molecule has 0 aliphatic rings. The van der Waals surface area contributed by atoms with Crippen LogP contribution in [-0.2, 0) is 11.2 Å². The maximum absolute atomic E-state index is 12.0. The Hall–Kier alpha value is -1.65. The predicted molar refractivity (Wildman–Crippen MR) is 83.6 cm³/mol. The maximum Gasteiger partial charge on any atom is 0.237 e. The molecule has 1 amide bonds. The Morgan fingerprint density at radius 2 is 2.00 bits per heavy atom. The number of thiophene rings is 1. The molecule has 0 saturated heterocycles. The van der Waals surface area contributed by atoms with Crippen molar-refractivity contribution in [3.8, 4) is 0 Å². The van der Waals surface area contributed by atoms with Crippen LogP contribution in [0.25, 0.3) is 0 Å². The van der Waals surface area contributed by atoms with Crippen LogP contribution in [0.15, 0.2) is 47.8 Å². The third-order valence-electron chi connectivity index (χ3n) is 3.25. The lowest BCUT2D eigenvalue weighted by atomic mass is 10.1. The summed E-state index contributed by atoms with van der Waals surface area (Å²) in [4.78, 5) is 13.2. The van der Waals surface area contributed by atoms with Crippen LogP contribution < -0.4 is 11.1 Å². The minimum absolute atomic E-state index is 0.0188. The van der Waals surface area contributed by atoms with Gasteiger partial charge in [-0.05, 0) is 36.8 Å². The van der Waals surface area contributed by atoms with Gasteiger partial charge in [0, 0.05) is 4.88 Å². The largest absolute Gasteiger partial charge is 0.347 e. The van der Waals surface area contributed by atoms with Gasteiger partial charge in [0.05, 0.1) is 12.1 Å². The van der Waals surface area contributed by atoms with Gasteiger partial charge in [-0.3, -0.25) is 4.79 Å². The summed E-state index contributed by atoms with van der Waals surface area (Å²) in [5.41, 5.74) is 7.17. The van der Waals surface area contributed by atoms with Crippen molar-refractivity contribution in [1.82, 2.24) is 5.32 Å². The zero-order chi connectivity index (χ0) is 14.4. The number of nitrogens with one attached hydrogen (secondary N) is 1. The third-order valence-corrected chi connectivity index (χ3v) is 4.31. The smallest absolute Gasteiger partial charge is 0.237 e. The minimum atomic E-state index is -0.461. The molecule has 3 nitrogen and oxygen atoms in total. The van der Waals surface area contributed by atoms with E-state index in [0.29, 0.717) is 6.42 Å². The summed E-state index contributed by atoms with van der Waals surface area (Å²) in [5, 5.41) is 4.97. The molecule has 2 atom stereocenters. The van der Waals surface area contributed by atoms with Crippen molar-refractivity contribution in [1.29, 1.82) is 0 Å². The van der Waals surface area contributed by atoms with E-state index in [4.69, 9.17) is 5.73 Å². The zero-order valence-corrected chi connectivity index (χ0v) is 12.4. The van der Waals surface area contributed by atoms with Gasteiger partial charge in [-0.2, -0.15) is 0 Å². The SMILES string of the molecule is C[C@@H](NC(=O)[C@@H](N)CCc1ccccc1)c1cccs1. The molecule has 1 heterocycles. The van der Waals surface area contributed by atoms with Crippen LogP contribution in [0, 0.1) is 0 Å². The number of rotatable bonds is 6. The monoisotopic (exact) mass is 288 g/mol. The Morgan fingerprint density at radius 1 is 1.25 bits per heavy atom. The number of aryl methyl sites for hydroxylation is 1. The van der Waals surface area contributed by atoms with E-state index < -0.39 is 6.04 Å². The lowest BCUT2D eigenvalue weighted by molar-refractivity contribution is -0.123. The van der Waals surface area contributed by atoms with Crippen LogP contribution in [0.1, 0.15) is 29.8 Å². The topological polar surface area (TPSA) is 55.1 Å². The molecule has 0 aliphatic heterocycles. The summed E-state index contributed by atoms with van der Waals surface area (Å²) in [5.74, 6) is -0.0816. The van der Waals surface area contributed by atoms with E-state index in [1.807, 2.05) is 42.6 Å². The van der Waals surface area contributed by atoms with Gasteiger partial charge in [0.2, 0.25) is 5.91 Å². The molecular weight excluding hydrogens is 268 g/mol. The fraction of sp³-hybridized carbons (Fsp3) is 0.312. The Labute approximate surface area is 123 Å². The number of hydrogen-bond acceptors (Lipinski definition) is 3. The highest BCUT2D eigenvalue weighted by molar-refractivity contribution is 7.10. The van der Waals surface area contributed by atoms with Gasteiger partial charge in [0.25, 0.3) is 0 Å². The van der Waals surface area contributed by atoms with Gasteiger partial charge in [0.1, 0.15) is 0 Å². The van der Waals surface area contributed by atoms with Gasteiger partial charge in [-0.1, -0.05) is 36.4 Å². The third kappa shape index (κ3) is 4.18. The highest BCUT2D eigenvalue weighted by Crippen LogP contribution is 2.18. The molecule has 0 fully saturated rings. The highest BCUT2D eigenvalue weighted by Gasteiger charge is 2.16. The first-order valence-corrected chi connectivity index (χ1v) is 7.68. The van der Waals surface area contributed by atoms with Gasteiger partial charge in [0.15, 0.2) is 0 Å². The van der Waals surface area contributed by atoms with E-state index in [0.717, 1.165) is 11.3 Å². The fourth-order valence-electron chi connectivity index (χ4n) is 2.03. The fourth-order valence-corrected chi connectivity index (χ4v) is 2.76. The summed E-state index contributed by atoms with van der Waals surface area (Å²) < 4.78 is 0. The van der Waals surface area contributed by atoms with Crippen molar-refractivity contribution in [3.63, 3.8) is 0 Å². The molecule has 0 saturated carbocycles. The average molecular weight is 288 g/mol. The summed E-state index contributed by atoms with van der Waals surface area (Å²) >= 11 is 1.64. The quantitative estimate of drug-likeness (QED) is 0.858. The molecule has 0 aliphatic carbocycles. The molecule has 2 rings (SSSR count). The summed E-state index contributed by atoms with van der Waals surface area (Å²) in [6.45, 7) is 1.98. The van der Waals surface area contributed by atoms with Crippen molar-refractivity contribution in [3.05, 3.63) is 58.3 Å². The Morgan fingerprint density at radius 3 is 2.65 bits per heavy atom. The van der Waals surface area contributed by atoms with Gasteiger partial charge in [-0.25, -0.2) is 0 Å². The highest BCUT2D eigenvalue weighted by atomic mass is 32.1. The second kappa shape index (κ2) is 7.22. The van der Waals surface area contributed by atoms with E-state index >= 15 is 0 Å². The van der Waals surface area contributed by atoms with Crippen molar-refractivity contribution < 1.29 is 4.79 Å². The summed E-state index contributed by atoms with van der Waals surface area (Å²) in [6.07, 6.45) is 1.48. The van der Waals surface area contributed by atoms with Crippen LogP contribution in [0.4, 0.5) is 0 Å². The molecule has 106 valence electrons. The number of carbonyl (C=O) groups excluding carboxylic acids is 1. The van der Waals surface area contributed by atoms with Crippen molar-refractivity contribution in [2.75, 3.05) is 0 Å². The van der Waals surface area contributed by atoms with Gasteiger partial charge >= 0.3 is 0 Å². The van der Waals surface area contributed by atoms with Crippen LogP contribution in [0.2, 0.25) is 0 Å². The van der Waals surface area contributed by atoms with Crippen molar-refractivity contribution >= 4 is 17.2 Å². The summed E-state index contributed by atoms with van der Waals surface area (Å²) in [6, 6.07) is 13.7. The molecule has 0 unspecified atom stereocenters. The minimum Gasteiger partial charge on any atom is -0.347 e. The van der Waals surface area contributed by atoms with Crippen LogP contribution in [-0.4, -0.2) is 11.9 Å². The van der Waals surface area contributed by atoms with Crippen molar-refractivity contribution in [2.24, 2.45) is 5.73 Å². The Bertz CT molecular complexity index is 525. The summed E-state index contributed by atoms with van der Waals surface area (Å²) in [7, 11) is 0. The van der Waals surface area contributed by atoms with E-state index in [1.54, 1.807) is 11.3 Å². The molecular formula is C16H20N2OS. The van der Waals surface area contributed by atoms with Crippen LogP contribution in [0.3, 0.4) is 0 Å². The predicted octanol–water partition coefficient (Wildman–Crippen LogP) is 2.89. The number of benzene rings is 1. The Balaban J connectivity index is 1.80. The van der Waals surface area contributed by atoms with Crippen molar-refractivity contribution in [2.45, 2.75) is 31.8 Å². The molecule has 0 spiro atoms. The number of amides is 1. The number of carbonyl (C=O) groups is 1. The molecule has 4 heteroatoms. The number of nitrogens with two attached hydrogens (primary N) is 1. The lowest BCUT2D eigenvalue weighted by Gasteiger charge is -2.16. The maximum atomic E-state index is 12.0. The average Bonchev–Trinajstić information content (AvgIpc) is 3.00. The van der Waals surface area contributed by atoms with E-state index in [9.17, 15) is 4.79 Å². The lowest BCUT2D eigenvalue weighted by Crippen LogP contribution is -2.41. The normalized spacial score (nSPS) is 13.7. The first-order valence-electron chi connectivity index (χ1n) is 6.80. The Kier molecular flexibility index (Phi) is 5.32. The molecule has 20 heavy (non-hydrogen) atoms. The van der Waals surface area contributed by atoms with Crippen LogP contribution in [0.5, 0.6) is 0 Å². The molecule has 0 radical (unpaired) electrons. The van der Waals surface area contributed by atoms with E-state index in [2.05, 4.69) is 17.4 Å². The molecule has 0 bridgehead atoms. The van der Waals surface area contributed by atoms with E-state index in [-0.39, 0.29) is 11.9 Å². The number of hydrogen-bond donors (Lipinski definition) is 2. The second-order valence-electron chi connectivity index (χ2n) is 4.88. The first-order chi connectivity index (χ1) is 9.66. The molecule has 1 aromatic heterocycles. The van der Waals surface area contributed by atoms with E-state index in [1.165, 1.54) is 5.56 Å². The van der Waals surface area contributed by atoms with Gasteiger partial charge < -0.3 is 11.1 Å². The molecule has 2 aromatic rings. The van der Waals surface area contributed by atoms with Crippen LogP contribution >= 0.6 is 11.3 Å².